The Kier molecular flexibility index (Phi) is 10.5. The van der Waals surface area contributed by atoms with Crippen molar-refractivity contribution in [3.8, 4) is 33.8 Å². The quantitative estimate of drug-likeness (QED) is 0.0861. The van der Waals surface area contributed by atoms with Gasteiger partial charge < -0.3 is 9.47 Å². The van der Waals surface area contributed by atoms with E-state index in [1.807, 2.05) is 14.2 Å². The zero-order valence-corrected chi connectivity index (χ0v) is 40.8. The van der Waals surface area contributed by atoms with E-state index in [0.717, 1.165) is 33.4 Å². The minimum absolute atomic E-state index is 0.483. The Balaban J connectivity index is 1.49. The molecule has 0 heterocycles. The fraction of sp³-hybridized carbons (Fsp3) is 0.345. The van der Waals surface area contributed by atoms with Crippen molar-refractivity contribution in [2.75, 3.05) is 14.2 Å². The number of methoxy groups -OCH3 is 2. The topological polar surface area (TPSA) is 18.5 Å². The Morgan fingerprint density at radius 1 is 0.339 bits per heavy atom. The predicted octanol–water partition coefficient (Wildman–Crippen LogP) is 16.5. The molecule has 0 spiro atoms. The molecule has 9 rings (SSSR count). The fourth-order valence-corrected chi connectivity index (χ4v) is 20.4. The summed E-state index contributed by atoms with van der Waals surface area (Å²) >= 11 is 0. The molecule has 0 N–H and O–H groups in total. The van der Waals surface area contributed by atoms with Crippen LogP contribution >= 0.6 is 20.1 Å². The molecule has 0 saturated carbocycles. The van der Waals surface area contributed by atoms with E-state index in [1.54, 1.807) is 0 Å². The summed E-state index contributed by atoms with van der Waals surface area (Å²) in [7, 11) is 1.08. The molecule has 0 amide bonds. The van der Waals surface area contributed by atoms with E-state index in [0.29, 0.717) is 31.5 Å². The molecule has 0 saturated heterocycles. The van der Waals surface area contributed by atoms with E-state index >= 15 is 0 Å². The van der Waals surface area contributed by atoms with Crippen molar-refractivity contribution in [1.82, 2.24) is 0 Å². The summed E-state index contributed by atoms with van der Waals surface area (Å²) in [6.07, 6.45) is 0. The number of rotatable bonds is 8. The number of hydrogen-bond donors (Lipinski definition) is 0. The number of benzene rings is 9. The molecule has 9 aromatic rings. The van der Waals surface area contributed by atoms with Crippen LogP contribution in [0.5, 0.6) is 11.5 Å². The van der Waals surface area contributed by atoms with E-state index < -0.39 is 20.1 Å². The van der Waals surface area contributed by atoms with Gasteiger partial charge in [0.05, 0.1) is 14.2 Å². The first-order chi connectivity index (χ1) is 29.6. The molecule has 0 atom stereocenters. The van der Waals surface area contributed by atoms with Gasteiger partial charge in [-0.15, -0.1) is 0 Å². The van der Waals surface area contributed by atoms with Crippen LogP contribution in [-0.4, -0.2) is 45.7 Å². The Morgan fingerprint density at radius 3 is 0.952 bits per heavy atom. The van der Waals surface area contributed by atoms with E-state index in [-0.39, 0.29) is 0 Å². The van der Waals surface area contributed by atoms with Gasteiger partial charge in [0.15, 0.2) is 0 Å². The second-order valence-corrected chi connectivity index (χ2v) is 28.0. The Morgan fingerprint density at radius 2 is 0.645 bits per heavy atom. The molecule has 0 aliphatic heterocycles. The van der Waals surface area contributed by atoms with Crippen LogP contribution < -0.4 is 9.47 Å². The summed E-state index contributed by atoms with van der Waals surface area (Å²) in [5, 5.41) is 30.0. The van der Waals surface area contributed by atoms with Crippen LogP contribution in [0.1, 0.15) is 94.2 Å². The average Bonchev–Trinajstić information content (AvgIpc) is 3.24. The van der Waals surface area contributed by atoms with Gasteiger partial charge >= 0.3 is 0 Å². The van der Waals surface area contributed by atoms with Crippen molar-refractivity contribution in [3.05, 3.63) is 96.1 Å². The van der Waals surface area contributed by atoms with E-state index in [2.05, 4.69) is 190 Å². The smallest absolute Gasteiger partial charge is 0.128 e. The second-order valence-electron chi connectivity index (χ2n) is 18.9. The monoisotopic (exact) mass is 854 g/mol. The third-order valence-corrected chi connectivity index (χ3v) is 24.6. The maximum atomic E-state index is 6.51. The Hall–Kier alpha value is -5.00. The van der Waals surface area contributed by atoms with Gasteiger partial charge in [-0.1, -0.05) is 168 Å². The lowest BCUT2D eigenvalue weighted by Crippen LogP contribution is -2.27. The molecule has 0 aliphatic rings. The maximum Gasteiger partial charge on any atom is 0.128 e. The van der Waals surface area contributed by atoms with E-state index in [4.69, 9.17) is 9.47 Å². The molecule has 0 aliphatic carbocycles. The van der Waals surface area contributed by atoms with Gasteiger partial charge in [0.25, 0.3) is 0 Å². The number of fused-ring (bicyclic) bond motifs is 6. The van der Waals surface area contributed by atoms with Gasteiger partial charge in [-0.2, -0.15) is 20.1 Å². The van der Waals surface area contributed by atoms with Crippen LogP contribution in [0.25, 0.3) is 86.2 Å². The predicted molar refractivity (Wildman–Crippen MR) is 282 cm³/mol. The normalized spacial score (nSPS) is 13.5. The molecule has 0 fully saturated rings. The number of hydrogen-bond acceptors (Lipinski definition) is 2. The van der Waals surface area contributed by atoms with Crippen LogP contribution in [0.4, 0.5) is 0 Å². The van der Waals surface area contributed by atoms with Crippen molar-refractivity contribution in [2.45, 2.75) is 115 Å². The van der Waals surface area contributed by atoms with Crippen molar-refractivity contribution in [3.63, 3.8) is 0 Å². The standard InChI is InChI=1S/C58H62O2S2/c1-33(2)61(34(3)4,35(5)6)29-27-43-39-19-15-17-21-41(39)49-31-51(59-13)57-55-47(25-23-45(43)53(49)55)48-26-24-46-44(28-30-62(36(7)8,37(9)10)38(11)12)40-20-16-18-22-42(40)50-32-52(60-14)58(57)56(48)54(46)50/h15-26,31-38H,1-14H3. The van der Waals surface area contributed by atoms with E-state index in [9.17, 15) is 0 Å². The summed E-state index contributed by atoms with van der Waals surface area (Å²) in [6, 6.07) is 31.7. The highest BCUT2D eigenvalue weighted by Gasteiger charge is 2.35. The summed E-state index contributed by atoms with van der Waals surface area (Å²) < 4.78 is 13.0. The molecule has 0 bridgehead atoms. The van der Waals surface area contributed by atoms with Crippen LogP contribution in [0, 0.1) is 22.3 Å². The lowest BCUT2D eigenvalue weighted by atomic mass is 9.81. The number of ether oxygens (including phenoxy) is 2. The zero-order valence-electron chi connectivity index (χ0n) is 39.2. The van der Waals surface area contributed by atoms with Crippen LogP contribution in [0.2, 0.25) is 0 Å². The van der Waals surface area contributed by atoms with Crippen LogP contribution in [0.3, 0.4) is 0 Å². The molecule has 4 heteroatoms. The Bertz CT molecular complexity index is 3090. The van der Waals surface area contributed by atoms with Crippen molar-refractivity contribution in [2.24, 2.45) is 0 Å². The van der Waals surface area contributed by atoms with Crippen LogP contribution in [-0.2, 0) is 0 Å². The highest BCUT2D eigenvalue weighted by atomic mass is 32.3. The zero-order chi connectivity index (χ0) is 44.2. The molecule has 9 aromatic carbocycles. The lowest BCUT2D eigenvalue weighted by molar-refractivity contribution is 0.417. The molecule has 62 heavy (non-hydrogen) atoms. The summed E-state index contributed by atoms with van der Waals surface area (Å²) in [6.45, 7) is 28.5. The van der Waals surface area contributed by atoms with Gasteiger partial charge in [-0.25, -0.2) is 0 Å². The summed E-state index contributed by atoms with van der Waals surface area (Å²) in [5.74, 6) is 9.60. The molecule has 0 aromatic heterocycles. The first-order valence-corrected chi connectivity index (χ1v) is 26.3. The second kappa shape index (κ2) is 15.4. The fourth-order valence-electron chi connectivity index (χ4n) is 11.9. The summed E-state index contributed by atoms with van der Waals surface area (Å²) in [4.78, 5) is 0. The van der Waals surface area contributed by atoms with Crippen molar-refractivity contribution >= 4 is 106 Å². The molecule has 0 unspecified atom stereocenters. The minimum atomic E-state index is -1.28. The molecular weight excluding hydrogens is 793 g/mol. The van der Waals surface area contributed by atoms with Crippen molar-refractivity contribution in [1.29, 1.82) is 0 Å². The van der Waals surface area contributed by atoms with Gasteiger partial charge in [-0.3, -0.25) is 0 Å². The lowest BCUT2D eigenvalue weighted by Gasteiger charge is -2.46. The van der Waals surface area contributed by atoms with Gasteiger partial charge in [0.2, 0.25) is 0 Å². The minimum Gasteiger partial charge on any atom is -0.496 e. The Labute approximate surface area is 372 Å². The van der Waals surface area contributed by atoms with Crippen molar-refractivity contribution < 1.29 is 9.47 Å². The third-order valence-electron chi connectivity index (χ3n) is 14.4. The third kappa shape index (κ3) is 5.75. The van der Waals surface area contributed by atoms with Gasteiger partial charge in [0.1, 0.15) is 11.5 Å². The van der Waals surface area contributed by atoms with Crippen LogP contribution in [0.15, 0.2) is 84.9 Å². The van der Waals surface area contributed by atoms with Gasteiger partial charge in [-0.05, 0) is 119 Å². The first kappa shape index (κ1) is 42.3. The summed E-state index contributed by atoms with van der Waals surface area (Å²) in [5.41, 5.74) is 2.24. The average molecular weight is 855 g/mol. The van der Waals surface area contributed by atoms with Gasteiger partial charge in [0, 0.05) is 32.7 Å². The highest BCUT2D eigenvalue weighted by Crippen LogP contribution is 2.61. The first-order valence-electron chi connectivity index (χ1n) is 22.6. The maximum absolute atomic E-state index is 6.51. The molecule has 0 radical (unpaired) electrons. The largest absolute Gasteiger partial charge is 0.496 e. The molecule has 318 valence electrons. The SMILES string of the molecule is COc1cc2c3ccccc3c(C#CS(C(C)C)(C(C)C)C(C)C)c3ccc4c5ccc6c(C#CS(C(C)C)(C(C)C)C(C)C)c7ccccc7c7cc(OC)c(c1c4c32)c5c67. The molecule has 2 nitrogen and oxygen atoms in total. The molecular formula is C58H62O2S2. The highest BCUT2D eigenvalue weighted by molar-refractivity contribution is 8.39. The van der Waals surface area contributed by atoms with E-state index in [1.165, 1.54) is 75.4 Å².